The zero-order valence-electron chi connectivity index (χ0n) is 11.7. The van der Waals surface area contributed by atoms with Crippen LogP contribution in [-0.2, 0) is 10.4 Å². The van der Waals surface area contributed by atoms with Crippen molar-refractivity contribution >= 4 is 5.78 Å². The van der Waals surface area contributed by atoms with Gasteiger partial charge in [0.2, 0.25) is 0 Å². The summed E-state index contributed by atoms with van der Waals surface area (Å²) in [4.78, 5) is 11.5. The fraction of sp³-hybridized carbons (Fsp3) is 0.438. The first kappa shape index (κ1) is 15.8. The molecule has 0 saturated heterocycles. The summed E-state index contributed by atoms with van der Waals surface area (Å²) in [5.41, 5.74) is -2.84. The first-order valence-corrected chi connectivity index (χ1v) is 6.84. The fourth-order valence-corrected chi connectivity index (χ4v) is 2.78. The summed E-state index contributed by atoms with van der Waals surface area (Å²) in [6, 6.07) is 7.02. The average molecular weight is 298 g/mol. The van der Waals surface area contributed by atoms with Crippen molar-refractivity contribution in [2.24, 2.45) is 5.92 Å². The van der Waals surface area contributed by atoms with E-state index in [1.165, 1.54) is 37.3 Å². The van der Waals surface area contributed by atoms with Crippen LogP contribution in [0.1, 0.15) is 31.7 Å². The van der Waals surface area contributed by atoms with Crippen LogP contribution in [0.5, 0.6) is 0 Å². The van der Waals surface area contributed by atoms with Gasteiger partial charge in [-0.15, -0.1) is 0 Å². The Balaban J connectivity index is 2.49. The van der Waals surface area contributed by atoms with Gasteiger partial charge in [0.25, 0.3) is 0 Å². The second-order valence-electron chi connectivity index (χ2n) is 5.39. The second kappa shape index (κ2) is 5.64. The van der Waals surface area contributed by atoms with E-state index in [1.807, 2.05) is 0 Å². The number of aliphatic hydroxyl groups is 1. The molecule has 2 atom stereocenters. The maximum absolute atomic E-state index is 13.5. The number of alkyl halides is 3. The Labute approximate surface area is 121 Å². The lowest BCUT2D eigenvalue weighted by atomic mass is 9.74. The van der Waals surface area contributed by atoms with Gasteiger partial charge in [-0.2, -0.15) is 13.2 Å². The molecule has 0 amide bonds. The van der Waals surface area contributed by atoms with Crippen molar-refractivity contribution in [3.63, 3.8) is 0 Å². The van der Waals surface area contributed by atoms with Crippen molar-refractivity contribution in [1.29, 1.82) is 0 Å². The van der Waals surface area contributed by atoms with Crippen LogP contribution in [0.2, 0.25) is 0 Å². The summed E-state index contributed by atoms with van der Waals surface area (Å²) in [6.45, 7) is 1.32. The molecular weight excluding hydrogens is 281 g/mol. The fourth-order valence-electron chi connectivity index (χ4n) is 2.78. The maximum atomic E-state index is 13.5. The van der Waals surface area contributed by atoms with Crippen molar-refractivity contribution in [2.45, 2.75) is 38.0 Å². The van der Waals surface area contributed by atoms with E-state index in [1.54, 1.807) is 6.07 Å². The summed E-state index contributed by atoms with van der Waals surface area (Å²) >= 11 is 0. The monoisotopic (exact) mass is 298 g/mol. The van der Waals surface area contributed by atoms with Gasteiger partial charge in [-0.3, -0.25) is 4.79 Å². The van der Waals surface area contributed by atoms with Crippen LogP contribution in [0.3, 0.4) is 0 Å². The minimum Gasteiger partial charge on any atom is -0.376 e. The molecule has 0 bridgehead atoms. The van der Waals surface area contributed by atoms with E-state index < -0.39 is 17.7 Å². The summed E-state index contributed by atoms with van der Waals surface area (Å²) in [7, 11) is 0. The number of carbonyl (C=O) groups is 1. The molecule has 1 aromatic rings. The Morgan fingerprint density at radius 2 is 1.76 bits per heavy atom. The molecule has 0 saturated carbocycles. The molecule has 1 aromatic carbocycles. The number of carbonyl (C=O) groups excluding carboxylic acids is 1. The molecular formula is C16H17F3O2. The van der Waals surface area contributed by atoms with Crippen LogP contribution < -0.4 is 0 Å². The number of rotatable bonds is 3. The first-order chi connectivity index (χ1) is 9.76. The predicted molar refractivity (Wildman–Crippen MR) is 72.5 cm³/mol. The van der Waals surface area contributed by atoms with Gasteiger partial charge in [0.05, 0.1) is 0 Å². The van der Waals surface area contributed by atoms with Crippen molar-refractivity contribution in [3.8, 4) is 0 Å². The molecule has 0 radical (unpaired) electrons. The molecule has 1 aliphatic rings. The number of hydrogen-bond acceptors (Lipinski definition) is 2. The molecule has 0 fully saturated rings. The van der Waals surface area contributed by atoms with Gasteiger partial charge in [0, 0.05) is 12.3 Å². The normalized spacial score (nSPS) is 20.6. The van der Waals surface area contributed by atoms with Gasteiger partial charge in [0.15, 0.2) is 11.4 Å². The van der Waals surface area contributed by atoms with Gasteiger partial charge in [0.1, 0.15) is 0 Å². The quantitative estimate of drug-likeness (QED) is 0.922. The van der Waals surface area contributed by atoms with Crippen LogP contribution in [0, 0.1) is 5.92 Å². The Hall–Kier alpha value is -1.62. The lowest BCUT2D eigenvalue weighted by molar-refractivity contribution is -0.281. The predicted octanol–water partition coefficient (Wildman–Crippen LogP) is 3.75. The molecule has 0 spiro atoms. The standard InChI is InChI=1S/C16H17F3O2/c1-11(12-6-5-9-14(20)10-12)15(21,16(17,18)19)13-7-3-2-4-8-13/h2-4,7-8,10-11,21H,5-6,9H2,1H3/t11?,15-/m1/s1. The Bertz CT molecular complexity index is 548. The van der Waals surface area contributed by atoms with Crippen molar-refractivity contribution in [3.05, 3.63) is 47.5 Å². The summed E-state index contributed by atoms with van der Waals surface area (Å²) in [5.74, 6) is -1.38. The molecule has 21 heavy (non-hydrogen) atoms. The lowest BCUT2D eigenvalue weighted by Crippen LogP contribution is -2.48. The highest BCUT2D eigenvalue weighted by molar-refractivity contribution is 5.91. The number of hydrogen-bond donors (Lipinski definition) is 1. The molecule has 0 aliphatic heterocycles. The zero-order chi connectivity index (χ0) is 15.7. The summed E-state index contributed by atoms with van der Waals surface area (Å²) < 4.78 is 40.6. The SMILES string of the molecule is CC(C1=CC(=O)CCC1)[C@@](O)(c1ccccc1)C(F)(F)F. The molecule has 5 heteroatoms. The molecule has 0 heterocycles. The minimum atomic E-state index is -4.82. The lowest BCUT2D eigenvalue weighted by Gasteiger charge is -2.38. The van der Waals surface area contributed by atoms with Gasteiger partial charge in [-0.05, 0) is 24.5 Å². The molecule has 2 nitrogen and oxygen atoms in total. The Kier molecular flexibility index (Phi) is 4.23. The van der Waals surface area contributed by atoms with Gasteiger partial charge < -0.3 is 5.11 Å². The van der Waals surface area contributed by atoms with Crippen molar-refractivity contribution in [2.75, 3.05) is 0 Å². The van der Waals surface area contributed by atoms with Crippen LogP contribution in [-0.4, -0.2) is 17.1 Å². The average Bonchev–Trinajstić information content (AvgIpc) is 2.45. The molecule has 114 valence electrons. The highest BCUT2D eigenvalue weighted by atomic mass is 19.4. The Morgan fingerprint density at radius 1 is 1.14 bits per heavy atom. The maximum Gasteiger partial charge on any atom is 0.422 e. The van der Waals surface area contributed by atoms with Crippen LogP contribution >= 0.6 is 0 Å². The van der Waals surface area contributed by atoms with Crippen LogP contribution in [0.15, 0.2) is 42.0 Å². The van der Waals surface area contributed by atoms with E-state index in [0.717, 1.165) is 0 Å². The highest BCUT2D eigenvalue weighted by Crippen LogP contribution is 2.48. The van der Waals surface area contributed by atoms with E-state index in [9.17, 15) is 23.1 Å². The molecule has 1 unspecified atom stereocenters. The molecule has 1 N–H and O–H groups in total. The summed E-state index contributed by atoms with van der Waals surface area (Å²) in [6.07, 6.45) is -2.29. The number of ketones is 1. The van der Waals surface area contributed by atoms with Gasteiger partial charge in [-0.1, -0.05) is 42.8 Å². The Morgan fingerprint density at radius 3 is 2.29 bits per heavy atom. The first-order valence-electron chi connectivity index (χ1n) is 6.84. The highest BCUT2D eigenvalue weighted by Gasteiger charge is 2.58. The van der Waals surface area contributed by atoms with E-state index in [0.29, 0.717) is 24.8 Å². The third-order valence-corrected chi connectivity index (χ3v) is 4.06. The van der Waals surface area contributed by atoms with Crippen molar-refractivity contribution in [1.82, 2.24) is 0 Å². The zero-order valence-corrected chi connectivity index (χ0v) is 11.7. The second-order valence-corrected chi connectivity index (χ2v) is 5.39. The topological polar surface area (TPSA) is 37.3 Å². The van der Waals surface area contributed by atoms with Crippen LogP contribution in [0.25, 0.3) is 0 Å². The van der Waals surface area contributed by atoms with E-state index in [-0.39, 0.29) is 11.3 Å². The van der Waals surface area contributed by atoms with Gasteiger partial charge >= 0.3 is 6.18 Å². The minimum absolute atomic E-state index is 0.180. The van der Waals surface area contributed by atoms with E-state index in [4.69, 9.17) is 0 Å². The third kappa shape index (κ3) is 2.88. The summed E-state index contributed by atoms with van der Waals surface area (Å²) in [5, 5.41) is 10.4. The van der Waals surface area contributed by atoms with E-state index in [2.05, 4.69) is 0 Å². The van der Waals surface area contributed by atoms with Crippen LogP contribution in [0.4, 0.5) is 13.2 Å². The third-order valence-electron chi connectivity index (χ3n) is 4.06. The molecule has 2 rings (SSSR count). The van der Waals surface area contributed by atoms with Gasteiger partial charge in [-0.25, -0.2) is 0 Å². The largest absolute Gasteiger partial charge is 0.422 e. The smallest absolute Gasteiger partial charge is 0.376 e. The number of halogens is 3. The van der Waals surface area contributed by atoms with Crippen molar-refractivity contribution < 1.29 is 23.1 Å². The number of benzene rings is 1. The van der Waals surface area contributed by atoms with E-state index >= 15 is 0 Å². The molecule has 0 aromatic heterocycles. The number of allylic oxidation sites excluding steroid dienone is 1. The molecule has 1 aliphatic carbocycles.